The van der Waals surface area contributed by atoms with Gasteiger partial charge in [-0.25, -0.2) is 5.43 Å². The predicted molar refractivity (Wildman–Crippen MR) is 100 cm³/mol. The van der Waals surface area contributed by atoms with Gasteiger partial charge in [-0.3, -0.25) is 14.9 Å². The molecule has 0 radical (unpaired) electrons. The molecule has 1 atom stereocenters. The third kappa shape index (κ3) is 5.10. The topological polar surface area (TPSA) is 93.8 Å². The third-order valence-corrected chi connectivity index (χ3v) is 5.06. The van der Waals surface area contributed by atoms with Crippen molar-refractivity contribution in [3.05, 3.63) is 54.7 Å². The van der Waals surface area contributed by atoms with E-state index in [1.807, 2.05) is 19.1 Å². The van der Waals surface area contributed by atoms with Gasteiger partial charge in [-0.1, -0.05) is 19.1 Å². The summed E-state index contributed by atoms with van der Waals surface area (Å²) in [5, 5.41) is 14.8. The normalized spacial score (nSPS) is 12.1. The van der Waals surface area contributed by atoms with Gasteiger partial charge in [0.05, 0.1) is 25.4 Å². The summed E-state index contributed by atoms with van der Waals surface area (Å²) in [6, 6.07) is 8.65. The molecule has 0 fully saturated rings. The molecule has 2 aromatic rings. The van der Waals surface area contributed by atoms with Gasteiger partial charge in [0, 0.05) is 6.07 Å². The third-order valence-electron chi connectivity index (χ3n) is 3.20. The Morgan fingerprint density at radius 2 is 2.24 bits per heavy atom. The zero-order chi connectivity index (χ0) is 18.4. The Hall–Kier alpha value is -2.26. The van der Waals surface area contributed by atoms with Crippen LogP contribution in [0.2, 0.25) is 0 Å². The van der Waals surface area contributed by atoms with Crippen molar-refractivity contribution in [1.82, 2.24) is 5.43 Å². The van der Waals surface area contributed by atoms with Gasteiger partial charge in [-0.2, -0.15) is 5.10 Å². The molecular weight excluding hydrogens is 410 g/mol. The highest BCUT2D eigenvalue weighted by atomic mass is 79.9. The Balaban J connectivity index is 1.96. The molecule has 1 aromatic carbocycles. The predicted octanol–water partition coefficient (Wildman–Crippen LogP) is 3.90. The van der Waals surface area contributed by atoms with Crippen molar-refractivity contribution in [2.75, 3.05) is 0 Å². The molecule has 1 unspecified atom stereocenters. The number of halogens is 1. The fourth-order valence-corrected chi connectivity index (χ4v) is 3.27. The minimum atomic E-state index is -0.750. The van der Waals surface area contributed by atoms with Crippen molar-refractivity contribution in [1.29, 1.82) is 0 Å². The molecule has 2 rings (SSSR count). The molecule has 1 aromatic heterocycles. The molecule has 25 heavy (non-hydrogen) atoms. The van der Waals surface area contributed by atoms with Crippen LogP contribution in [0.15, 0.2) is 39.9 Å². The maximum absolute atomic E-state index is 12.0. The van der Waals surface area contributed by atoms with Crippen molar-refractivity contribution in [2.24, 2.45) is 5.10 Å². The highest BCUT2D eigenvalue weighted by Crippen LogP contribution is 2.28. The SMILES string of the molecule is CCc1sc(C=NNC(=O)C(C)Oc2ccccc2Br)cc1[N+](=O)[O-]. The van der Waals surface area contributed by atoms with Crippen LogP contribution in [0.3, 0.4) is 0 Å². The Labute approximate surface area is 157 Å². The first-order valence-electron chi connectivity index (χ1n) is 7.43. The van der Waals surface area contributed by atoms with Crippen molar-refractivity contribution in [3.63, 3.8) is 0 Å². The zero-order valence-corrected chi connectivity index (χ0v) is 16.0. The molecule has 1 heterocycles. The monoisotopic (exact) mass is 425 g/mol. The number of para-hydroxylation sites is 1. The second-order valence-corrected chi connectivity index (χ2v) is 7.02. The van der Waals surface area contributed by atoms with Gasteiger partial charge in [-0.05, 0) is 41.4 Å². The molecule has 9 heteroatoms. The minimum absolute atomic E-state index is 0.0749. The number of hydrogen-bond donors (Lipinski definition) is 1. The number of hydrogen-bond acceptors (Lipinski definition) is 6. The molecule has 132 valence electrons. The number of benzene rings is 1. The van der Waals surface area contributed by atoms with E-state index in [0.717, 1.165) is 4.47 Å². The molecule has 7 nitrogen and oxygen atoms in total. The van der Waals surface area contributed by atoms with E-state index >= 15 is 0 Å². The van der Waals surface area contributed by atoms with Crippen LogP contribution < -0.4 is 10.2 Å². The number of aryl methyl sites for hydroxylation is 1. The second kappa shape index (κ2) is 8.72. The van der Waals surface area contributed by atoms with Crippen LogP contribution in [0, 0.1) is 10.1 Å². The number of nitro groups is 1. The molecule has 0 bridgehead atoms. The van der Waals surface area contributed by atoms with Gasteiger partial charge in [0.15, 0.2) is 6.10 Å². The minimum Gasteiger partial charge on any atom is -0.480 e. The van der Waals surface area contributed by atoms with Gasteiger partial charge in [0.25, 0.3) is 11.6 Å². The van der Waals surface area contributed by atoms with Gasteiger partial charge in [-0.15, -0.1) is 11.3 Å². The van der Waals surface area contributed by atoms with Gasteiger partial charge in [0.2, 0.25) is 0 Å². The van der Waals surface area contributed by atoms with Crippen LogP contribution in [0.25, 0.3) is 0 Å². The Bertz CT molecular complexity index is 806. The van der Waals surface area contributed by atoms with Crippen molar-refractivity contribution < 1.29 is 14.5 Å². The summed E-state index contributed by atoms with van der Waals surface area (Å²) < 4.78 is 6.31. The fraction of sp³-hybridized carbons (Fsp3) is 0.250. The first-order chi connectivity index (χ1) is 11.9. The molecule has 1 amide bonds. The van der Waals surface area contributed by atoms with Crippen molar-refractivity contribution in [3.8, 4) is 5.75 Å². The largest absolute Gasteiger partial charge is 0.480 e. The zero-order valence-electron chi connectivity index (χ0n) is 13.6. The number of ether oxygens (including phenoxy) is 1. The summed E-state index contributed by atoms with van der Waals surface area (Å²) in [7, 11) is 0. The summed E-state index contributed by atoms with van der Waals surface area (Å²) >= 11 is 4.62. The van der Waals surface area contributed by atoms with E-state index in [-0.39, 0.29) is 5.69 Å². The Morgan fingerprint density at radius 1 is 1.52 bits per heavy atom. The molecule has 0 saturated carbocycles. The average molecular weight is 426 g/mol. The first kappa shape index (κ1) is 19.1. The maximum Gasteiger partial charge on any atom is 0.283 e. The summed E-state index contributed by atoms with van der Waals surface area (Å²) in [6.45, 7) is 3.46. The summed E-state index contributed by atoms with van der Waals surface area (Å²) in [5.41, 5.74) is 2.45. The number of amides is 1. The number of thiophene rings is 1. The van der Waals surface area contributed by atoms with E-state index in [0.29, 0.717) is 21.9 Å². The molecule has 0 spiro atoms. The van der Waals surface area contributed by atoms with E-state index in [1.54, 1.807) is 19.1 Å². The van der Waals surface area contributed by atoms with Crippen LogP contribution in [-0.2, 0) is 11.2 Å². The van der Waals surface area contributed by atoms with Crippen molar-refractivity contribution in [2.45, 2.75) is 26.4 Å². The van der Waals surface area contributed by atoms with E-state index in [1.165, 1.54) is 23.6 Å². The lowest BCUT2D eigenvalue weighted by Crippen LogP contribution is -2.33. The second-order valence-electron chi connectivity index (χ2n) is 4.99. The smallest absolute Gasteiger partial charge is 0.283 e. The molecule has 0 aliphatic rings. The first-order valence-corrected chi connectivity index (χ1v) is 9.04. The lowest BCUT2D eigenvalue weighted by Gasteiger charge is -2.13. The molecule has 0 aliphatic carbocycles. The summed E-state index contributed by atoms with van der Waals surface area (Å²) in [6.07, 6.45) is 1.21. The number of hydrazone groups is 1. The van der Waals surface area contributed by atoms with E-state index < -0.39 is 16.9 Å². The number of nitrogens with zero attached hydrogens (tertiary/aromatic N) is 2. The standard InChI is InChI=1S/C16H16BrN3O4S/c1-3-15-13(20(22)23)8-11(25-15)9-18-19-16(21)10(2)24-14-7-5-4-6-12(14)17/h4-10H,3H2,1-2H3,(H,19,21). The summed E-state index contributed by atoms with van der Waals surface area (Å²) in [4.78, 5) is 23.8. The number of rotatable bonds is 7. The van der Waals surface area contributed by atoms with Crippen LogP contribution in [0.5, 0.6) is 5.75 Å². The highest BCUT2D eigenvalue weighted by molar-refractivity contribution is 9.10. The maximum atomic E-state index is 12.0. The Morgan fingerprint density at radius 3 is 2.84 bits per heavy atom. The number of nitrogens with one attached hydrogen (secondary N) is 1. The highest BCUT2D eigenvalue weighted by Gasteiger charge is 2.17. The molecule has 0 aliphatic heterocycles. The Kier molecular flexibility index (Phi) is 6.65. The van der Waals surface area contributed by atoms with Gasteiger partial charge < -0.3 is 4.74 Å². The van der Waals surface area contributed by atoms with Crippen LogP contribution in [-0.4, -0.2) is 23.1 Å². The average Bonchev–Trinajstić information content (AvgIpc) is 3.00. The lowest BCUT2D eigenvalue weighted by molar-refractivity contribution is -0.385. The molecule has 0 saturated heterocycles. The van der Waals surface area contributed by atoms with Crippen molar-refractivity contribution >= 4 is 45.1 Å². The number of carbonyl (C=O) groups excluding carboxylic acids is 1. The summed E-state index contributed by atoms with van der Waals surface area (Å²) in [5.74, 6) is 0.129. The van der Waals surface area contributed by atoms with Gasteiger partial charge in [0.1, 0.15) is 5.75 Å². The van der Waals surface area contributed by atoms with Crippen LogP contribution >= 0.6 is 27.3 Å². The molecular formula is C16H16BrN3O4S. The fourth-order valence-electron chi connectivity index (χ4n) is 1.95. The lowest BCUT2D eigenvalue weighted by atomic mass is 10.3. The quantitative estimate of drug-likeness (QED) is 0.413. The van der Waals surface area contributed by atoms with Crippen LogP contribution in [0.4, 0.5) is 5.69 Å². The van der Waals surface area contributed by atoms with E-state index in [9.17, 15) is 14.9 Å². The van der Waals surface area contributed by atoms with E-state index in [2.05, 4.69) is 26.5 Å². The van der Waals surface area contributed by atoms with E-state index in [4.69, 9.17) is 4.74 Å². The molecule has 1 N–H and O–H groups in total. The van der Waals surface area contributed by atoms with Gasteiger partial charge >= 0.3 is 0 Å². The number of carbonyl (C=O) groups is 1. The van der Waals surface area contributed by atoms with Crippen LogP contribution in [0.1, 0.15) is 23.6 Å².